The van der Waals surface area contributed by atoms with Crippen LogP contribution in [0.15, 0.2) is 0 Å². The van der Waals surface area contributed by atoms with E-state index in [1.165, 1.54) is 244 Å². The number of aliphatic hydroxyl groups excluding tert-OH is 1. The lowest BCUT2D eigenvalue weighted by Gasteiger charge is -2.21. The molecule has 0 radical (unpaired) electrons. The van der Waals surface area contributed by atoms with Gasteiger partial charge >= 0.3 is 39.5 Å². The van der Waals surface area contributed by atoms with Gasteiger partial charge in [-0.1, -0.05) is 375 Å². The van der Waals surface area contributed by atoms with Gasteiger partial charge in [-0.2, -0.15) is 0 Å². The van der Waals surface area contributed by atoms with E-state index in [1.54, 1.807) is 0 Å². The Labute approximate surface area is 607 Å². The lowest BCUT2D eigenvalue weighted by atomic mass is 9.99. The van der Waals surface area contributed by atoms with Gasteiger partial charge in [0.1, 0.15) is 19.3 Å². The smallest absolute Gasteiger partial charge is 0.462 e. The molecule has 588 valence electrons. The molecule has 19 heteroatoms. The first kappa shape index (κ1) is 97.1. The minimum Gasteiger partial charge on any atom is -0.462 e. The Balaban J connectivity index is 5.11. The van der Waals surface area contributed by atoms with E-state index in [9.17, 15) is 43.2 Å². The van der Waals surface area contributed by atoms with Gasteiger partial charge in [-0.15, -0.1) is 0 Å². The maximum Gasteiger partial charge on any atom is 0.472 e. The first-order valence-corrected chi connectivity index (χ1v) is 44.7. The highest BCUT2D eigenvalue weighted by Gasteiger charge is 2.30. The van der Waals surface area contributed by atoms with Gasteiger partial charge in [-0.25, -0.2) is 9.13 Å². The summed E-state index contributed by atoms with van der Waals surface area (Å²) in [5, 5.41) is 10.6. The molecule has 0 spiro atoms. The molecule has 0 bridgehead atoms. The van der Waals surface area contributed by atoms with Crippen LogP contribution in [0.2, 0.25) is 0 Å². The average molecular weight is 1450 g/mol. The molecule has 0 aromatic carbocycles. The van der Waals surface area contributed by atoms with Crippen molar-refractivity contribution in [1.82, 2.24) is 0 Å². The van der Waals surface area contributed by atoms with Crippen molar-refractivity contribution < 1.29 is 80.2 Å². The summed E-state index contributed by atoms with van der Waals surface area (Å²) in [6, 6.07) is 0. The summed E-state index contributed by atoms with van der Waals surface area (Å²) in [7, 11) is -9.91. The zero-order valence-electron chi connectivity index (χ0n) is 64.6. The summed E-state index contributed by atoms with van der Waals surface area (Å²) in [6.45, 7) is 7.25. The normalized spacial score (nSPS) is 14.1. The molecule has 0 fully saturated rings. The monoisotopic (exact) mass is 1450 g/mol. The SMILES string of the molecule is CCCCCCCCCCCCCCCCCCCCCCCCC(=O)O[C@H](COC(=O)CCCCCCCCCCCCCCCCCCCC)COP(=O)(O)OC[C@@H](O)COP(=O)(O)OC[C@@H](COC(=O)CCCCCCC)OC(=O)CCCCCCCCCCCCC(C)CC. The van der Waals surface area contributed by atoms with E-state index >= 15 is 0 Å². The number of rotatable bonds is 80. The van der Waals surface area contributed by atoms with Crippen molar-refractivity contribution in [3.05, 3.63) is 0 Å². The first-order valence-electron chi connectivity index (χ1n) is 41.7. The van der Waals surface area contributed by atoms with Gasteiger partial charge in [0.2, 0.25) is 0 Å². The van der Waals surface area contributed by atoms with E-state index in [0.29, 0.717) is 25.7 Å². The molecule has 17 nitrogen and oxygen atoms in total. The molecule has 0 aliphatic heterocycles. The van der Waals surface area contributed by atoms with Crippen molar-refractivity contribution in [2.75, 3.05) is 39.6 Å². The molecule has 0 saturated heterocycles. The van der Waals surface area contributed by atoms with Crippen LogP contribution in [0.3, 0.4) is 0 Å². The minimum atomic E-state index is -4.96. The molecule has 0 aromatic heterocycles. The lowest BCUT2D eigenvalue weighted by Crippen LogP contribution is -2.30. The number of unbranched alkanes of at least 4 members (excludes halogenated alkanes) is 51. The molecule has 0 rings (SSSR count). The van der Waals surface area contributed by atoms with E-state index < -0.39 is 97.5 Å². The van der Waals surface area contributed by atoms with Crippen molar-refractivity contribution >= 4 is 39.5 Å². The molecular formula is C80H156O17P2. The highest BCUT2D eigenvalue weighted by molar-refractivity contribution is 7.47. The quantitative estimate of drug-likeness (QED) is 0.0222. The fourth-order valence-corrected chi connectivity index (χ4v) is 14.0. The fraction of sp³-hybridized carbons (Fsp3) is 0.950. The minimum absolute atomic E-state index is 0.106. The number of aliphatic hydroxyl groups is 1. The van der Waals surface area contributed by atoms with Crippen LogP contribution in [-0.4, -0.2) is 96.7 Å². The Hall–Kier alpha value is -1.94. The van der Waals surface area contributed by atoms with E-state index in [-0.39, 0.29) is 25.7 Å². The number of carbonyl (C=O) groups excluding carboxylic acids is 4. The molecule has 6 atom stereocenters. The number of phosphoric ester groups is 2. The number of phosphoric acid groups is 2. The molecule has 99 heavy (non-hydrogen) atoms. The van der Waals surface area contributed by atoms with Gasteiger partial charge in [0, 0.05) is 25.7 Å². The highest BCUT2D eigenvalue weighted by Crippen LogP contribution is 2.45. The van der Waals surface area contributed by atoms with Crippen LogP contribution in [0.4, 0.5) is 0 Å². The first-order chi connectivity index (χ1) is 48.1. The number of esters is 4. The van der Waals surface area contributed by atoms with Crippen LogP contribution in [-0.2, 0) is 65.4 Å². The Bertz CT molecular complexity index is 1890. The second-order valence-corrected chi connectivity index (χ2v) is 32.0. The van der Waals surface area contributed by atoms with Gasteiger partial charge in [0.25, 0.3) is 0 Å². The van der Waals surface area contributed by atoms with Crippen LogP contribution in [0.25, 0.3) is 0 Å². The highest BCUT2D eigenvalue weighted by atomic mass is 31.2. The van der Waals surface area contributed by atoms with Crippen molar-refractivity contribution in [2.24, 2.45) is 5.92 Å². The van der Waals surface area contributed by atoms with Crippen LogP contribution in [0, 0.1) is 5.92 Å². The van der Waals surface area contributed by atoms with Gasteiger partial charge in [-0.3, -0.25) is 37.3 Å². The molecule has 0 aliphatic rings. The Kier molecular flexibility index (Phi) is 71.6. The summed E-state index contributed by atoms with van der Waals surface area (Å²) in [5.41, 5.74) is 0. The third-order valence-corrected chi connectivity index (χ3v) is 21.0. The maximum atomic E-state index is 13.1. The summed E-state index contributed by atoms with van der Waals surface area (Å²) in [4.78, 5) is 72.7. The fourth-order valence-electron chi connectivity index (χ4n) is 12.4. The Morgan fingerprint density at radius 1 is 0.283 bits per heavy atom. The number of hydrogen-bond acceptors (Lipinski definition) is 15. The largest absolute Gasteiger partial charge is 0.472 e. The predicted molar refractivity (Wildman–Crippen MR) is 405 cm³/mol. The molecule has 0 aliphatic carbocycles. The molecule has 0 heterocycles. The standard InChI is InChI=1S/C80H156O17P2/c1-6-10-13-16-18-20-22-24-26-28-30-31-32-33-35-37-39-41-46-50-55-60-65-80(85)97-76(70-91-78(83)64-59-54-49-45-40-38-36-34-29-27-25-23-21-19-17-14-11-7-2)72-95-99(88,89)93-68-74(81)67-92-98(86,87)94-71-75(69-90-77(82)63-58-52-15-12-8-3)96-79(84)66-61-56-51-47-43-42-44-48-53-57-62-73(5)9-4/h73-76,81H,6-72H2,1-5H3,(H,86,87)(H,88,89)/t73?,74-,75+,76+/m0/s1. The summed E-state index contributed by atoms with van der Waals surface area (Å²) >= 11 is 0. The second-order valence-electron chi connectivity index (χ2n) is 29.1. The van der Waals surface area contributed by atoms with Crippen LogP contribution in [0.5, 0.6) is 0 Å². The van der Waals surface area contributed by atoms with Crippen LogP contribution < -0.4 is 0 Å². The molecular weight excluding hydrogens is 1290 g/mol. The predicted octanol–water partition coefficient (Wildman–Crippen LogP) is 24.0. The van der Waals surface area contributed by atoms with E-state index in [4.69, 9.17) is 37.0 Å². The van der Waals surface area contributed by atoms with E-state index in [2.05, 4.69) is 34.6 Å². The molecule has 0 aromatic rings. The maximum absolute atomic E-state index is 13.1. The summed E-state index contributed by atoms with van der Waals surface area (Å²) in [5.74, 6) is -1.32. The molecule has 0 saturated carbocycles. The van der Waals surface area contributed by atoms with Crippen LogP contribution >= 0.6 is 15.6 Å². The molecule has 3 unspecified atom stereocenters. The van der Waals surface area contributed by atoms with Gasteiger partial charge in [0.05, 0.1) is 26.4 Å². The summed E-state index contributed by atoms with van der Waals surface area (Å²) < 4.78 is 68.4. The second kappa shape index (κ2) is 73.0. The average Bonchev–Trinajstić information content (AvgIpc) is 0.997. The zero-order chi connectivity index (χ0) is 72.7. The Morgan fingerprint density at radius 3 is 0.717 bits per heavy atom. The lowest BCUT2D eigenvalue weighted by molar-refractivity contribution is -0.161. The van der Waals surface area contributed by atoms with Crippen LogP contribution in [0.1, 0.15) is 426 Å². The number of hydrogen-bond donors (Lipinski definition) is 3. The summed E-state index contributed by atoms with van der Waals surface area (Å²) in [6.07, 6.45) is 64.4. The topological polar surface area (TPSA) is 237 Å². The van der Waals surface area contributed by atoms with Gasteiger partial charge < -0.3 is 33.8 Å². The number of ether oxygens (including phenoxy) is 4. The zero-order valence-corrected chi connectivity index (χ0v) is 66.4. The number of carbonyl (C=O) groups is 4. The van der Waals surface area contributed by atoms with E-state index in [1.807, 2.05) is 0 Å². The van der Waals surface area contributed by atoms with Gasteiger partial charge in [0.15, 0.2) is 12.2 Å². The molecule has 0 amide bonds. The van der Waals surface area contributed by atoms with Crippen molar-refractivity contribution in [3.63, 3.8) is 0 Å². The van der Waals surface area contributed by atoms with Crippen molar-refractivity contribution in [1.29, 1.82) is 0 Å². The third-order valence-electron chi connectivity index (χ3n) is 19.1. The van der Waals surface area contributed by atoms with Crippen molar-refractivity contribution in [2.45, 2.75) is 445 Å². The van der Waals surface area contributed by atoms with Gasteiger partial charge in [-0.05, 0) is 31.6 Å². The Morgan fingerprint density at radius 2 is 0.485 bits per heavy atom. The van der Waals surface area contributed by atoms with Crippen molar-refractivity contribution in [3.8, 4) is 0 Å². The third kappa shape index (κ3) is 72.8. The molecule has 3 N–H and O–H groups in total. The van der Waals surface area contributed by atoms with E-state index in [0.717, 1.165) is 102 Å².